The van der Waals surface area contributed by atoms with Crippen molar-refractivity contribution in [1.82, 2.24) is 14.5 Å². The Kier molecular flexibility index (Phi) is 3.53. The lowest BCUT2D eigenvalue weighted by Gasteiger charge is -2.30. The van der Waals surface area contributed by atoms with Crippen LogP contribution in [0.25, 0.3) is 0 Å². The molecule has 1 atom stereocenters. The summed E-state index contributed by atoms with van der Waals surface area (Å²) in [4.78, 5) is 14.9. The van der Waals surface area contributed by atoms with Crippen LogP contribution in [-0.4, -0.2) is 33.5 Å². The smallest absolute Gasteiger partial charge is 0.267 e. The molecule has 4 nitrogen and oxygen atoms in total. The Labute approximate surface area is 99.8 Å². The Morgan fingerprint density at radius 1 is 1.62 bits per heavy atom. The summed E-state index contributed by atoms with van der Waals surface area (Å²) in [6, 6.07) is 0. The van der Waals surface area contributed by atoms with Crippen LogP contribution >= 0.6 is 11.5 Å². The van der Waals surface area contributed by atoms with Gasteiger partial charge in [0.25, 0.3) is 5.91 Å². The molecule has 0 saturated carbocycles. The van der Waals surface area contributed by atoms with Gasteiger partial charge in [-0.3, -0.25) is 4.79 Å². The standard InChI is InChI=1S/C11H17N3OS/c1-3-9-10(16-13-12-9)11(15)14-6-4-5-8(2)7-14/h8H,3-7H2,1-2H3/t8-/m1/s1. The highest BCUT2D eigenvalue weighted by molar-refractivity contribution is 7.07. The zero-order valence-corrected chi connectivity index (χ0v) is 10.6. The Morgan fingerprint density at radius 3 is 3.12 bits per heavy atom. The van der Waals surface area contributed by atoms with Gasteiger partial charge in [-0.05, 0) is 36.7 Å². The molecular weight excluding hydrogens is 222 g/mol. The van der Waals surface area contributed by atoms with Crippen LogP contribution in [0.3, 0.4) is 0 Å². The molecule has 1 amide bonds. The number of hydrogen-bond donors (Lipinski definition) is 0. The molecule has 0 aromatic carbocycles. The summed E-state index contributed by atoms with van der Waals surface area (Å²) in [5.41, 5.74) is 0.841. The van der Waals surface area contributed by atoms with Gasteiger partial charge >= 0.3 is 0 Å². The molecule has 0 aliphatic carbocycles. The molecule has 0 radical (unpaired) electrons. The van der Waals surface area contributed by atoms with Crippen molar-refractivity contribution in [3.63, 3.8) is 0 Å². The lowest BCUT2D eigenvalue weighted by atomic mass is 10.00. The van der Waals surface area contributed by atoms with Crippen LogP contribution in [-0.2, 0) is 6.42 Å². The molecule has 1 aromatic rings. The Balaban J connectivity index is 2.12. The maximum atomic E-state index is 12.2. The van der Waals surface area contributed by atoms with E-state index >= 15 is 0 Å². The summed E-state index contributed by atoms with van der Waals surface area (Å²) in [7, 11) is 0. The largest absolute Gasteiger partial charge is 0.338 e. The minimum atomic E-state index is 0.124. The third-order valence-electron chi connectivity index (χ3n) is 3.03. The van der Waals surface area contributed by atoms with E-state index < -0.39 is 0 Å². The first kappa shape index (κ1) is 11.5. The van der Waals surface area contributed by atoms with Crippen LogP contribution in [0.5, 0.6) is 0 Å². The summed E-state index contributed by atoms with van der Waals surface area (Å²) >= 11 is 1.22. The zero-order chi connectivity index (χ0) is 11.5. The van der Waals surface area contributed by atoms with Crippen LogP contribution < -0.4 is 0 Å². The third-order valence-corrected chi connectivity index (χ3v) is 3.79. The minimum Gasteiger partial charge on any atom is -0.338 e. The lowest BCUT2D eigenvalue weighted by Crippen LogP contribution is -2.39. The van der Waals surface area contributed by atoms with Gasteiger partial charge in [0.15, 0.2) is 0 Å². The van der Waals surface area contributed by atoms with Crippen molar-refractivity contribution in [3.8, 4) is 0 Å². The predicted octanol–water partition coefficient (Wildman–Crippen LogP) is 1.97. The van der Waals surface area contributed by atoms with Crippen LogP contribution in [0.4, 0.5) is 0 Å². The van der Waals surface area contributed by atoms with Gasteiger partial charge in [-0.15, -0.1) is 5.10 Å². The molecule has 5 heteroatoms. The summed E-state index contributed by atoms with van der Waals surface area (Å²) < 4.78 is 3.87. The van der Waals surface area contributed by atoms with Gasteiger partial charge in [-0.1, -0.05) is 18.3 Å². The van der Waals surface area contributed by atoms with Crippen molar-refractivity contribution >= 4 is 17.4 Å². The zero-order valence-electron chi connectivity index (χ0n) is 9.77. The number of carbonyl (C=O) groups is 1. The lowest BCUT2D eigenvalue weighted by molar-refractivity contribution is 0.0686. The molecule has 1 aliphatic rings. The SMILES string of the molecule is CCc1nnsc1C(=O)N1CCC[C@@H](C)C1. The number of aromatic nitrogens is 2. The van der Waals surface area contributed by atoms with E-state index in [1.807, 2.05) is 11.8 Å². The topological polar surface area (TPSA) is 46.1 Å². The van der Waals surface area contributed by atoms with Gasteiger partial charge in [-0.25, -0.2) is 0 Å². The fourth-order valence-electron chi connectivity index (χ4n) is 2.12. The number of rotatable bonds is 2. The molecule has 0 unspecified atom stereocenters. The maximum absolute atomic E-state index is 12.2. The van der Waals surface area contributed by atoms with E-state index in [2.05, 4.69) is 16.5 Å². The third kappa shape index (κ3) is 2.24. The molecule has 0 N–H and O–H groups in total. The van der Waals surface area contributed by atoms with Crippen molar-refractivity contribution in [2.24, 2.45) is 5.92 Å². The fourth-order valence-corrected chi connectivity index (χ4v) is 2.84. The molecule has 2 rings (SSSR count). The Hall–Kier alpha value is -0.970. The molecule has 88 valence electrons. The van der Waals surface area contributed by atoms with Gasteiger partial charge in [0.05, 0.1) is 5.69 Å². The summed E-state index contributed by atoms with van der Waals surface area (Å²) in [5, 5.41) is 3.99. The van der Waals surface area contributed by atoms with Crippen LogP contribution in [0.2, 0.25) is 0 Å². The number of amides is 1. The van der Waals surface area contributed by atoms with E-state index in [0.717, 1.165) is 36.5 Å². The van der Waals surface area contributed by atoms with Gasteiger partial charge in [0.1, 0.15) is 4.88 Å². The van der Waals surface area contributed by atoms with Gasteiger partial charge in [-0.2, -0.15) is 0 Å². The quantitative estimate of drug-likeness (QED) is 0.792. The van der Waals surface area contributed by atoms with E-state index in [1.165, 1.54) is 18.0 Å². The van der Waals surface area contributed by atoms with E-state index in [-0.39, 0.29) is 5.91 Å². The number of carbonyl (C=O) groups excluding carboxylic acids is 1. The normalized spacial score (nSPS) is 21.1. The van der Waals surface area contributed by atoms with E-state index in [0.29, 0.717) is 5.92 Å². The first-order valence-corrected chi connectivity index (χ1v) is 6.60. The second-order valence-corrected chi connectivity index (χ2v) is 5.15. The maximum Gasteiger partial charge on any atom is 0.267 e. The van der Waals surface area contributed by atoms with Crippen molar-refractivity contribution in [1.29, 1.82) is 0 Å². The highest BCUT2D eigenvalue weighted by atomic mass is 32.1. The number of nitrogens with zero attached hydrogens (tertiary/aromatic N) is 3. The fraction of sp³-hybridized carbons (Fsp3) is 0.727. The molecule has 1 saturated heterocycles. The Morgan fingerprint density at radius 2 is 2.44 bits per heavy atom. The van der Waals surface area contributed by atoms with E-state index in [1.54, 1.807) is 0 Å². The number of aryl methyl sites for hydroxylation is 1. The van der Waals surface area contributed by atoms with Crippen LogP contribution in [0.15, 0.2) is 0 Å². The highest BCUT2D eigenvalue weighted by Crippen LogP contribution is 2.20. The predicted molar refractivity (Wildman–Crippen MR) is 63.6 cm³/mol. The molecule has 2 heterocycles. The second kappa shape index (κ2) is 4.91. The van der Waals surface area contributed by atoms with Gasteiger partial charge in [0.2, 0.25) is 0 Å². The van der Waals surface area contributed by atoms with E-state index in [4.69, 9.17) is 0 Å². The van der Waals surface area contributed by atoms with E-state index in [9.17, 15) is 4.79 Å². The van der Waals surface area contributed by atoms with Crippen molar-refractivity contribution in [2.75, 3.05) is 13.1 Å². The monoisotopic (exact) mass is 239 g/mol. The molecule has 0 bridgehead atoms. The molecular formula is C11H17N3OS. The summed E-state index contributed by atoms with van der Waals surface area (Å²) in [6.07, 6.45) is 3.12. The minimum absolute atomic E-state index is 0.124. The van der Waals surface area contributed by atoms with Crippen molar-refractivity contribution in [3.05, 3.63) is 10.6 Å². The van der Waals surface area contributed by atoms with Gasteiger partial charge in [0, 0.05) is 13.1 Å². The average molecular weight is 239 g/mol. The van der Waals surface area contributed by atoms with Crippen molar-refractivity contribution in [2.45, 2.75) is 33.1 Å². The second-order valence-electron chi connectivity index (χ2n) is 4.40. The van der Waals surface area contributed by atoms with Crippen molar-refractivity contribution < 1.29 is 4.79 Å². The highest BCUT2D eigenvalue weighted by Gasteiger charge is 2.25. The number of likely N-dealkylation sites (tertiary alicyclic amines) is 1. The molecule has 1 aromatic heterocycles. The number of piperidine rings is 1. The molecule has 1 fully saturated rings. The molecule has 0 spiro atoms. The van der Waals surface area contributed by atoms with Gasteiger partial charge < -0.3 is 4.90 Å². The van der Waals surface area contributed by atoms with Crippen LogP contribution in [0.1, 0.15) is 42.1 Å². The Bertz CT molecular complexity index is 377. The summed E-state index contributed by atoms with van der Waals surface area (Å²) in [6.45, 7) is 5.96. The number of hydrogen-bond acceptors (Lipinski definition) is 4. The average Bonchev–Trinajstić information content (AvgIpc) is 2.76. The summed E-state index contributed by atoms with van der Waals surface area (Å²) in [5.74, 6) is 0.738. The molecule has 16 heavy (non-hydrogen) atoms. The molecule has 1 aliphatic heterocycles. The first-order valence-electron chi connectivity index (χ1n) is 5.82. The van der Waals surface area contributed by atoms with Crippen LogP contribution in [0, 0.1) is 5.92 Å². The first-order chi connectivity index (χ1) is 7.72.